The summed E-state index contributed by atoms with van der Waals surface area (Å²) in [6, 6.07) is 0.685. The Morgan fingerprint density at radius 1 is 1.43 bits per heavy atom. The second-order valence-electron chi connectivity index (χ2n) is 4.08. The van der Waals surface area contributed by atoms with Crippen LogP contribution in [0.1, 0.15) is 51.0 Å². The number of tetrazole rings is 1. The molecule has 0 saturated carbocycles. The topological polar surface area (TPSA) is 55.6 Å². The number of nitrogens with zero attached hydrogens (tertiary/aromatic N) is 4. The normalized spacial score (nSPS) is 22.9. The lowest BCUT2D eigenvalue weighted by Crippen LogP contribution is -2.29. The first-order chi connectivity index (χ1) is 6.79. The Balaban J connectivity index is 2.17. The SMILES string of the molecule is CC(C)n1nnnc1C1CCCCN1. The summed E-state index contributed by atoms with van der Waals surface area (Å²) < 4.78 is 1.91. The van der Waals surface area contributed by atoms with Crippen molar-refractivity contribution < 1.29 is 0 Å². The van der Waals surface area contributed by atoms with E-state index in [0.717, 1.165) is 18.8 Å². The number of aromatic nitrogens is 4. The summed E-state index contributed by atoms with van der Waals surface area (Å²) in [5.41, 5.74) is 0. The fraction of sp³-hybridized carbons (Fsp3) is 0.889. The van der Waals surface area contributed by atoms with Crippen molar-refractivity contribution in [2.45, 2.75) is 45.2 Å². The van der Waals surface area contributed by atoms with Gasteiger partial charge in [-0.15, -0.1) is 5.10 Å². The van der Waals surface area contributed by atoms with Gasteiger partial charge >= 0.3 is 0 Å². The quantitative estimate of drug-likeness (QED) is 0.767. The van der Waals surface area contributed by atoms with Gasteiger partial charge < -0.3 is 5.32 Å². The van der Waals surface area contributed by atoms with Crippen molar-refractivity contribution in [1.29, 1.82) is 0 Å². The highest BCUT2D eigenvalue weighted by molar-refractivity contribution is 4.94. The Morgan fingerprint density at radius 3 is 2.93 bits per heavy atom. The van der Waals surface area contributed by atoms with Crippen LogP contribution in [0.4, 0.5) is 0 Å². The molecule has 0 bridgehead atoms. The van der Waals surface area contributed by atoms with E-state index >= 15 is 0 Å². The Kier molecular flexibility index (Phi) is 2.77. The molecule has 78 valence electrons. The summed E-state index contributed by atoms with van der Waals surface area (Å²) in [7, 11) is 0. The van der Waals surface area contributed by atoms with E-state index in [9.17, 15) is 0 Å². The predicted octanol–water partition coefficient (Wildman–Crippen LogP) is 1.07. The van der Waals surface area contributed by atoms with Gasteiger partial charge in [0.25, 0.3) is 0 Å². The van der Waals surface area contributed by atoms with Crippen molar-refractivity contribution in [2.24, 2.45) is 0 Å². The molecule has 0 radical (unpaired) electrons. The molecular formula is C9H17N5. The van der Waals surface area contributed by atoms with Crippen LogP contribution in [0.15, 0.2) is 0 Å². The highest BCUT2D eigenvalue weighted by Crippen LogP contribution is 2.21. The first kappa shape index (κ1) is 9.58. The predicted molar refractivity (Wildman–Crippen MR) is 52.8 cm³/mol. The summed E-state index contributed by atoms with van der Waals surface area (Å²) in [4.78, 5) is 0. The molecule has 5 nitrogen and oxygen atoms in total. The van der Waals surface area contributed by atoms with E-state index in [1.807, 2.05) is 4.68 Å². The number of piperidine rings is 1. The van der Waals surface area contributed by atoms with Crippen LogP contribution in [0.5, 0.6) is 0 Å². The molecule has 1 N–H and O–H groups in total. The van der Waals surface area contributed by atoms with Gasteiger partial charge in [-0.25, -0.2) is 4.68 Å². The molecule has 14 heavy (non-hydrogen) atoms. The Hall–Kier alpha value is -0.970. The fourth-order valence-corrected chi connectivity index (χ4v) is 1.87. The van der Waals surface area contributed by atoms with Crippen LogP contribution in [-0.2, 0) is 0 Å². The van der Waals surface area contributed by atoms with Crippen molar-refractivity contribution in [3.05, 3.63) is 5.82 Å². The zero-order chi connectivity index (χ0) is 9.97. The minimum Gasteiger partial charge on any atom is -0.307 e. The Labute approximate surface area is 83.9 Å². The molecule has 0 amide bonds. The third-order valence-electron chi connectivity index (χ3n) is 2.63. The zero-order valence-corrected chi connectivity index (χ0v) is 8.77. The second-order valence-corrected chi connectivity index (χ2v) is 4.08. The van der Waals surface area contributed by atoms with Crippen LogP contribution in [-0.4, -0.2) is 26.8 Å². The Morgan fingerprint density at radius 2 is 2.29 bits per heavy atom. The van der Waals surface area contributed by atoms with Crippen molar-refractivity contribution in [2.75, 3.05) is 6.54 Å². The van der Waals surface area contributed by atoms with Gasteiger partial charge in [0.05, 0.1) is 12.1 Å². The minimum absolute atomic E-state index is 0.337. The van der Waals surface area contributed by atoms with E-state index < -0.39 is 0 Å². The number of hydrogen-bond donors (Lipinski definition) is 1. The van der Waals surface area contributed by atoms with Gasteiger partial charge in [-0.1, -0.05) is 6.42 Å². The van der Waals surface area contributed by atoms with Gasteiger partial charge in [0.1, 0.15) is 0 Å². The monoisotopic (exact) mass is 195 g/mol. The first-order valence-corrected chi connectivity index (χ1v) is 5.30. The highest BCUT2D eigenvalue weighted by atomic mass is 15.6. The molecule has 2 rings (SSSR count). The summed E-state index contributed by atoms with van der Waals surface area (Å²) in [5.74, 6) is 0.986. The molecule has 5 heteroatoms. The third-order valence-corrected chi connectivity index (χ3v) is 2.63. The largest absolute Gasteiger partial charge is 0.307 e. The molecule has 0 aromatic carbocycles. The van der Waals surface area contributed by atoms with E-state index in [-0.39, 0.29) is 0 Å². The lowest BCUT2D eigenvalue weighted by Gasteiger charge is -2.23. The maximum Gasteiger partial charge on any atom is 0.168 e. The molecule has 1 aromatic rings. The first-order valence-electron chi connectivity index (χ1n) is 5.30. The van der Waals surface area contributed by atoms with Gasteiger partial charge in [0, 0.05) is 0 Å². The summed E-state index contributed by atoms with van der Waals surface area (Å²) in [5, 5.41) is 15.3. The lowest BCUT2D eigenvalue weighted by molar-refractivity contribution is 0.368. The highest BCUT2D eigenvalue weighted by Gasteiger charge is 2.21. The molecule has 1 saturated heterocycles. The zero-order valence-electron chi connectivity index (χ0n) is 8.77. The third kappa shape index (κ3) is 1.77. The average molecular weight is 195 g/mol. The van der Waals surface area contributed by atoms with Crippen molar-refractivity contribution in [3.63, 3.8) is 0 Å². The van der Waals surface area contributed by atoms with Gasteiger partial charge in [0.2, 0.25) is 0 Å². The van der Waals surface area contributed by atoms with Crippen molar-refractivity contribution in [1.82, 2.24) is 25.5 Å². The molecular weight excluding hydrogens is 178 g/mol. The van der Waals surface area contributed by atoms with Crippen LogP contribution in [0.3, 0.4) is 0 Å². The number of nitrogens with one attached hydrogen (secondary N) is 1. The molecule has 1 fully saturated rings. The molecule has 1 aliphatic rings. The van der Waals surface area contributed by atoms with Gasteiger partial charge in [0.15, 0.2) is 5.82 Å². The lowest BCUT2D eigenvalue weighted by atomic mass is 10.0. The van der Waals surface area contributed by atoms with Crippen LogP contribution in [0.25, 0.3) is 0 Å². The maximum atomic E-state index is 4.10. The summed E-state index contributed by atoms with van der Waals surface area (Å²) in [6.45, 7) is 5.28. The van der Waals surface area contributed by atoms with Crippen LogP contribution in [0, 0.1) is 0 Å². The minimum atomic E-state index is 0.337. The summed E-state index contributed by atoms with van der Waals surface area (Å²) >= 11 is 0. The number of rotatable bonds is 2. The molecule has 0 spiro atoms. The average Bonchev–Trinajstić information content (AvgIpc) is 2.67. The fourth-order valence-electron chi connectivity index (χ4n) is 1.87. The van der Waals surface area contributed by atoms with Crippen LogP contribution in [0.2, 0.25) is 0 Å². The number of hydrogen-bond acceptors (Lipinski definition) is 4. The van der Waals surface area contributed by atoms with Gasteiger partial charge in [-0.3, -0.25) is 0 Å². The Bertz CT molecular complexity index is 287. The molecule has 1 aliphatic heterocycles. The standard InChI is InChI=1S/C9H17N5/c1-7(2)14-9(11-12-13-14)8-5-3-4-6-10-8/h7-8,10H,3-6H2,1-2H3. The van der Waals surface area contributed by atoms with Crippen LogP contribution < -0.4 is 5.32 Å². The molecule has 0 aliphatic carbocycles. The molecule has 1 atom stereocenters. The van der Waals surface area contributed by atoms with E-state index in [0.29, 0.717) is 12.1 Å². The molecule has 2 heterocycles. The molecule has 1 aromatic heterocycles. The van der Waals surface area contributed by atoms with E-state index in [4.69, 9.17) is 0 Å². The van der Waals surface area contributed by atoms with E-state index in [1.165, 1.54) is 12.8 Å². The van der Waals surface area contributed by atoms with E-state index in [1.54, 1.807) is 0 Å². The second kappa shape index (κ2) is 4.04. The van der Waals surface area contributed by atoms with E-state index in [2.05, 4.69) is 34.7 Å². The van der Waals surface area contributed by atoms with Crippen molar-refractivity contribution in [3.8, 4) is 0 Å². The van der Waals surface area contributed by atoms with Gasteiger partial charge in [-0.05, 0) is 43.7 Å². The van der Waals surface area contributed by atoms with Gasteiger partial charge in [-0.2, -0.15) is 0 Å². The smallest absolute Gasteiger partial charge is 0.168 e. The van der Waals surface area contributed by atoms with Crippen LogP contribution >= 0.6 is 0 Å². The summed E-state index contributed by atoms with van der Waals surface area (Å²) in [6.07, 6.45) is 3.68. The maximum absolute atomic E-state index is 4.10. The van der Waals surface area contributed by atoms with Crippen molar-refractivity contribution >= 4 is 0 Å². The molecule has 1 unspecified atom stereocenters.